The van der Waals surface area contributed by atoms with E-state index >= 15 is 0 Å². The molecule has 1 heterocycles. The summed E-state index contributed by atoms with van der Waals surface area (Å²) in [6, 6.07) is 1.27. The molecule has 0 saturated heterocycles. The van der Waals surface area contributed by atoms with Gasteiger partial charge >= 0.3 is 5.97 Å². The number of amides is 2. The van der Waals surface area contributed by atoms with E-state index in [1.807, 2.05) is 0 Å². The molecule has 0 spiro atoms. The number of anilines is 1. The van der Waals surface area contributed by atoms with Crippen LogP contribution in [0.5, 0.6) is 0 Å². The third-order valence-corrected chi connectivity index (χ3v) is 2.11. The number of carboxylic acids is 1. The van der Waals surface area contributed by atoms with Crippen LogP contribution in [0, 0.1) is 0 Å². The lowest BCUT2D eigenvalue weighted by Crippen LogP contribution is -2.43. The Hall–Kier alpha value is -2.48. The lowest BCUT2D eigenvalue weighted by Gasteiger charge is -2.11. The quantitative estimate of drug-likeness (QED) is 0.553. The Bertz CT molecular complexity index is 503. The largest absolute Gasteiger partial charge is 0.480 e. The maximum Gasteiger partial charge on any atom is 0.328 e. The van der Waals surface area contributed by atoms with E-state index in [-0.39, 0.29) is 17.3 Å². The summed E-state index contributed by atoms with van der Waals surface area (Å²) in [7, 11) is 0. The highest BCUT2D eigenvalue weighted by Gasteiger charge is 2.19. The van der Waals surface area contributed by atoms with Crippen LogP contribution in [-0.2, 0) is 9.59 Å². The molecule has 0 aliphatic carbocycles. The van der Waals surface area contributed by atoms with Gasteiger partial charge in [0.05, 0.1) is 6.61 Å². The number of hydrogen-bond acceptors (Lipinski definition) is 5. The maximum absolute atomic E-state index is 11.7. The molecule has 0 aliphatic rings. The zero-order valence-corrected chi connectivity index (χ0v) is 10.1. The SMILES string of the molecule is CC(=O)Nc1cc(C(=O)NC(CO)C(=O)O)ccn1. The number of aliphatic hydroxyl groups is 1. The number of nitrogens with zero attached hydrogens (tertiary/aromatic N) is 1. The van der Waals surface area contributed by atoms with Crippen molar-refractivity contribution in [3.63, 3.8) is 0 Å². The lowest BCUT2D eigenvalue weighted by molar-refractivity contribution is -0.140. The number of rotatable bonds is 5. The summed E-state index contributed by atoms with van der Waals surface area (Å²) in [4.78, 5) is 37.1. The van der Waals surface area contributed by atoms with Gasteiger partial charge in [0.2, 0.25) is 5.91 Å². The minimum Gasteiger partial charge on any atom is -0.480 e. The first-order valence-electron chi connectivity index (χ1n) is 5.32. The van der Waals surface area contributed by atoms with E-state index in [1.54, 1.807) is 0 Å². The van der Waals surface area contributed by atoms with Crippen molar-refractivity contribution < 1.29 is 24.6 Å². The fraction of sp³-hybridized carbons (Fsp3) is 0.273. The summed E-state index contributed by atoms with van der Waals surface area (Å²) in [6.07, 6.45) is 1.30. The van der Waals surface area contributed by atoms with Gasteiger partial charge in [0.25, 0.3) is 5.91 Å². The molecule has 8 heteroatoms. The molecule has 0 saturated carbocycles. The fourth-order valence-corrected chi connectivity index (χ4v) is 1.25. The molecule has 0 radical (unpaired) electrons. The van der Waals surface area contributed by atoms with Crippen LogP contribution in [0.25, 0.3) is 0 Å². The molecule has 1 rings (SSSR count). The summed E-state index contributed by atoms with van der Waals surface area (Å²) in [5, 5.41) is 22.0. The first-order valence-corrected chi connectivity index (χ1v) is 5.32. The van der Waals surface area contributed by atoms with Crippen molar-refractivity contribution >= 4 is 23.6 Å². The van der Waals surface area contributed by atoms with E-state index in [4.69, 9.17) is 10.2 Å². The van der Waals surface area contributed by atoms with Crippen molar-refractivity contribution in [2.75, 3.05) is 11.9 Å². The molecule has 102 valence electrons. The molecule has 19 heavy (non-hydrogen) atoms. The highest BCUT2D eigenvalue weighted by molar-refractivity contribution is 5.98. The molecule has 0 aromatic carbocycles. The number of carbonyl (C=O) groups excluding carboxylic acids is 2. The Morgan fingerprint density at radius 2 is 2.11 bits per heavy atom. The summed E-state index contributed by atoms with van der Waals surface area (Å²) in [6.45, 7) is 0.575. The van der Waals surface area contributed by atoms with E-state index in [2.05, 4.69) is 15.6 Å². The van der Waals surface area contributed by atoms with Crippen LogP contribution in [0.4, 0.5) is 5.82 Å². The second-order valence-electron chi connectivity index (χ2n) is 3.66. The number of aliphatic hydroxyl groups excluding tert-OH is 1. The Kier molecular flexibility index (Phi) is 4.95. The van der Waals surface area contributed by atoms with Gasteiger partial charge in [-0.05, 0) is 12.1 Å². The van der Waals surface area contributed by atoms with Gasteiger partial charge in [-0.15, -0.1) is 0 Å². The van der Waals surface area contributed by atoms with Crippen molar-refractivity contribution in [2.24, 2.45) is 0 Å². The van der Waals surface area contributed by atoms with Gasteiger partial charge in [-0.3, -0.25) is 9.59 Å². The van der Waals surface area contributed by atoms with Crippen molar-refractivity contribution in [3.8, 4) is 0 Å². The molecular weight excluding hydrogens is 254 g/mol. The van der Waals surface area contributed by atoms with Crippen molar-refractivity contribution in [1.29, 1.82) is 0 Å². The Morgan fingerprint density at radius 3 is 2.63 bits per heavy atom. The molecule has 2 amide bonds. The zero-order valence-electron chi connectivity index (χ0n) is 10.1. The molecular formula is C11H13N3O5. The molecule has 0 aliphatic heterocycles. The van der Waals surface area contributed by atoms with Crippen LogP contribution in [-0.4, -0.2) is 45.6 Å². The molecule has 1 unspecified atom stereocenters. The number of carboxylic acid groups (broad SMARTS) is 1. The van der Waals surface area contributed by atoms with Gasteiger partial charge < -0.3 is 20.8 Å². The van der Waals surface area contributed by atoms with Gasteiger partial charge in [-0.1, -0.05) is 0 Å². The standard InChI is InChI=1S/C11H13N3O5/c1-6(16)13-9-4-7(2-3-12-9)10(17)14-8(5-15)11(18)19/h2-4,8,15H,5H2,1H3,(H,14,17)(H,18,19)(H,12,13,16). The van der Waals surface area contributed by atoms with Gasteiger partial charge in [0.15, 0.2) is 6.04 Å². The van der Waals surface area contributed by atoms with E-state index in [0.29, 0.717) is 0 Å². The summed E-state index contributed by atoms with van der Waals surface area (Å²) < 4.78 is 0. The van der Waals surface area contributed by atoms with Crippen LogP contribution in [0.1, 0.15) is 17.3 Å². The van der Waals surface area contributed by atoms with Gasteiger partial charge in [0.1, 0.15) is 5.82 Å². The molecule has 0 bridgehead atoms. The number of nitrogens with one attached hydrogen (secondary N) is 2. The van der Waals surface area contributed by atoms with Crippen molar-refractivity contribution in [1.82, 2.24) is 10.3 Å². The summed E-state index contributed by atoms with van der Waals surface area (Å²) in [5.41, 5.74) is 0.124. The topological polar surface area (TPSA) is 129 Å². The summed E-state index contributed by atoms with van der Waals surface area (Å²) >= 11 is 0. The van der Waals surface area contributed by atoms with Crippen LogP contribution >= 0.6 is 0 Å². The van der Waals surface area contributed by atoms with Crippen molar-refractivity contribution in [3.05, 3.63) is 23.9 Å². The number of hydrogen-bond donors (Lipinski definition) is 4. The Morgan fingerprint density at radius 1 is 1.42 bits per heavy atom. The highest BCUT2D eigenvalue weighted by atomic mass is 16.4. The third-order valence-electron chi connectivity index (χ3n) is 2.11. The molecule has 8 nitrogen and oxygen atoms in total. The molecule has 4 N–H and O–H groups in total. The number of pyridine rings is 1. The highest BCUT2D eigenvalue weighted by Crippen LogP contribution is 2.07. The molecule has 1 aromatic heterocycles. The van der Waals surface area contributed by atoms with E-state index in [1.165, 1.54) is 25.3 Å². The third kappa shape index (κ3) is 4.36. The smallest absolute Gasteiger partial charge is 0.328 e. The van der Waals surface area contributed by atoms with Crippen molar-refractivity contribution in [2.45, 2.75) is 13.0 Å². The van der Waals surface area contributed by atoms with Crippen LogP contribution in [0.15, 0.2) is 18.3 Å². The minimum atomic E-state index is -1.38. The average molecular weight is 267 g/mol. The van der Waals surface area contributed by atoms with E-state index < -0.39 is 24.5 Å². The lowest BCUT2D eigenvalue weighted by atomic mass is 10.2. The first kappa shape index (κ1) is 14.6. The number of aromatic nitrogens is 1. The van der Waals surface area contributed by atoms with Crippen LogP contribution < -0.4 is 10.6 Å². The normalized spacial score (nSPS) is 11.5. The predicted octanol–water partition coefficient (Wildman–Crippen LogP) is -0.785. The number of carbonyl (C=O) groups is 3. The van der Waals surface area contributed by atoms with Gasteiger partial charge in [0, 0.05) is 18.7 Å². The average Bonchev–Trinajstić information content (AvgIpc) is 2.34. The van der Waals surface area contributed by atoms with E-state index in [9.17, 15) is 14.4 Å². The van der Waals surface area contributed by atoms with Crippen LogP contribution in [0.3, 0.4) is 0 Å². The molecule has 0 fully saturated rings. The monoisotopic (exact) mass is 267 g/mol. The second-order valence-corrected chi connectivity index (χ2v) is 3.66. The Labute approximate surface area is 108 Å². The fourth-order valence-electron chi connectivity index (χ4n) is 1.25. The first-order chi connectivity index (χ1) is 8.93. The molecule has 1 aromatic rings. The van der Waals surface area contributed by atoms with Gasteiger partial charge in [-0.2, -0.15) is 0 Å². The van der Waals surface area contributed by atoms with E-state index in [0.717, 1.165) is 0 Å². The second kappa shape index (κ2) is 6.45. The zero-order chi connectivity index (χ0) is 14.4. The summed E-state index contributed by atoms with van der Waals surface area (Å²) in [5.74, 6) is -2.19. The molecule has 1 atom stereocenters. The maximum atomic E-state index is 11.7. The minimum absolute atomic E-state index is 0.124. The predicted molar refractivity (Wildman–Crippen MR) is 64.5 cm³/mol. The number of aliphatic carboxylic acids is 1. The van der Waals surface area contributed by atoms with Crippen LogP contribution in [0.2, 0.25) is 0 Å². The Balaban J connectivity index is 2.82. The van der Waals surface area contributed by atoms with Gasteiger partial charge in [-0.25, -0.2) is 9.78 Å².